The number of nitrogen functional groups attached to an aromatic ring is 1. The number of carbonyl (C=O) groups is 1. The first-order chi connectivity index (χ1) is 8.63. The Morgan fingerprint density at radius 3 is 2.94 bits per heavy atom. The van der Waals surface area contributed by atoms with E-state index in [4.69, 9.17) is 11.5 Å². The predicted molar refractivity (Wildman–Crippen MR) is 69.7 cm³/mol. The molecular weight excluding hydrogens is 250 g/mol. The van der Waals surface area contributed by atoms with Gasteiger partial charge in [0, 0.05) is 11.9 Å². The maximum Gasteiger partial charge on any atom is 0.251 e. The zero-order valence-electron chi connectivity index (χ0n) is 9.20. The average Bonchev–Trinajstić information content (AvgIpc) is 2.93. The molecule has 0 saturated carbocycles. The molecule has 4 N–H and O–H groups in total. The first-order valence-electron chi connectivity index (χ1n) is 5.14. The van der Waals surface area contributed by atoms with E-state index >= 15 is 0 Å². The maximum atomic E-state index is 11.0. The van der Waals surface area contributed by atoms with Crippen molar-refractivity contribution in [2.24, 2.45) is 5.73 Å². The smallest absolute Gasteiger partial charge is 0.251 e. The van der Waals surface area contributed by atoms with E-state index in [0.29, 0.717) is 16.4 Å². The van der Waals surface area contributed by atoms with Gasteiger partial charge in [-0.05, 0) is 18.2 Å². The van der Waals surface area contributed by atoms with Crippen LogP contribution in [0.15, 0.2) is 30.6 Å². The Balaban J connectivity index is 2.10. The molecule has 0 atom stereocenters. The van der Waals surface area contributed by atoms with Gasteiger partial charge in [-0.3, -0.25) is 4.79 Å². The van der Waals surface area contributed by atoms with Gasteiger partial charge in [0.25, 0.3) is 5.91 Å². The number of rotatable bonds is 2. The van der Waals surface area contributed by atoms with Gasteiger partial charge in [0.2, 0.25) is 5.13 Å². The van der Waals surface area contributed by atoms with Crippen LogP contribution >= 0.6 is 11.3 Å². The summed E-state index contributed by atoms with van der Waals surface area (Å²) in [5.74, 6) is -0.508. The number of aromatic nitrogens is 3. The Hall–Kier alpha value is -2.41. The fraction of sp³-hybridized carbons (Fsp3) is 0. The van der Waals surface area contributed by atoms with Gasteiger partial charge in [0.15, 0.2) is 0 Å². The van der Waals surface area contributed by atoms with Crippen molar-refractivity contribution >= 4 is 33.1 Å². The Morgan fingerprint density at radius 1 is 1.39 bits per heavy atom. The number of fused-ring (bicyclic) bond motifs is 1. The highest BCUT2D eigenvalue weighted by atomic mass is 32.1. The van der Waals surface area contributed by atoms with E-state index in [1.807, 2.05) is 12.1 Å². The summed E-state index contributed by atoms with van der Waals surface area (Å²) in [4.78, 5) is 15.4. The lowest BCUT2D eigenvalue weighted by Crippen LogP contribution is -2.09. The molecule has 0 unspecified atom stereocenters. The zero-order chi connectivity index (χ0) is 12.7. The number of carbonyl (C=O) groups excluding carboxylic acids is 1. The third-order valence-corrected chi connectivity index (χ3v) is 3.47. The lowest BCUT2D eigenvalue weighted by atomic mass is 10.3. The molecule has 0 spiro atoms. The molecule has 7 heteroatoms. The third-order valence-electron chi connectivity index (χ3n) is 2.46. The van der Waals surface area contributed by atoms with Gasteiger partial charge >= 0.3 is 0 Å². The average molecular weight is 259 g/mol. The molecule has 90 valence electrons. The number of hydrogen-bond donors (Lipinski definition) is 2. The first kappa shape index (κ1) is 10.7. The second-order valence-electron chi connectivity index (χ2n) is 3.76. The molecule has 2 aromatic heterocycles. The van der Waals surface area contributed by atoms with Crippen LogP contribution in [0.1, 0.15) is 10.4 Å². The number of thiazole rings is 1. The molecule has 2 heterocycles. The molecule has 6 nitrogen and oxygen atoms in total. The Bertz CT molecular complexity index is 745. The largest absolute Gasteiger partial charge is 0.399 e. The van der Waals surface area contributed by atoms with E-state index in [2.05, 4.69) is 10.1 Å². The summed E-state index contributed by atoms with van der Waals surface area (Å²) in [7, 11) is 0. The lowest BCUT2D eigenvalue weighted by Gasteiger charge is -1.91. The number of amides is 1. The number of hydrogen-bond acceptors (Lipinski definition) is 5. The molecule has 0 aliphatic carbocycles. The van der Waals surface area contributed by atoms with Crippen LogP contribution < -0.4 is 11.5 Å². The van der Waals surface area contributed by atoms with Gasteiger partial charge < -0.3 is 11.5 Å². The van der Waals surface area contributed by atoms with Crippen molar-refractivity contribution in [3.8, 4) is 5.13 Å². The molecule has 0 aliphatic heterocycles. The minimum Gasteiger partial charge on any atom is -0.399 e. The van der Waals surface area contributed by atoms with Crippen molar-refractivity contribution in [1.29, 1.82) is 0 Å². The number of nitrogens with two attached hydrogens (primary N) is 2. The number of primary amides is 1. The summed E-state index contributed by atoms with van der Waals surface area (Å²) in [5.41, 5.74) is 12.8. The molecule has 3 rings (SSSR count). The van der Waals surface area contributed by atoms with Crippen molar-refractivity contribution in [2.45, 2.75) is 0 Å². The number of anilines is 1. The zero-order valence-corrected chi connectivity index (χ0v) is 10.0. The van der Waals surface area contributed by atoms with Gasteiger partial charge in [-0.15, -0.1) is 0 Å². The Kier molecular flexibility index (Phi) is 2.27. The highest BCUT2D eigenvalue weighted by molar-refractivity contribution is 7.20. The van der Waals surface area contributed by atoms with Crippen molar-refractivity contribution in [1.82, 2.24) is 14.8 Å². The van der Waals surface area contributed by atoms with Crippen molar-refractivity contribution in [3.05, 3.63) is 36.2 Å². The fourth-order valence-electron chi connectivity index (χ4n) is 1.58. The fourth-order valence-corrected chi connectivity index (χ4v) is 2.53. The second-order valence-corrected chi connectivity index (χ2v) is 4.77. The number of benzene rings is 1. The van der Waals surface area contributed by atoms with Crippen LogP contribution in [0.5, 0.6) is 0 Å². The van der Waals surface area contributed by atoms with E-state index in [0.717, 1.165) is 10.2 Å². The summed E-state index contributed by atoms with van der Waals surface area (Å²) in [6, 6.07) is 5.50. The first-order valence-corrected chi connectivity index (χ1v) is 5.96. The monoisotopic (exact) mass is 259 g/mol. The summed E-state index contributed by atoms with van der Waals surface area (Å²) >= 11 is 1.45. The summed E-state index contributed by atoms with van der Waals surface area (Å²) < 4.78 is 2.50. The maximum absolute atomic E-state index is 11.0. The molecule has 1 aromatic carbocycles. The van der Waals surface area contributed by atoms with Gasteiger partial charge in [-0.2, -0.15) is 5.10 Å². The molecule has 1 amide bonds. The molecule has 0 radical (unpaired) electrons. The molecule has 0 fully saturated rings. The van der Waals surface area contributed by atoms with Gasteiger partial charge in [-0.1, -0.05) is 11.3 Å². The van der Waals surface area contributed by atoms with Crippen LogP contribution in [0, 0.1) is 0 Å². The van der Waals surface area contributed by atoms with Gasteiger partial charge in [-0.25, -0.2) is 9.67 Å². The van der Waals surface area contributed by atoms with Gasteiger partial charge in [0.1, 0.15) is 0 Å². The normalized spacial score (nSPS) is 10.9. The van der Waals surface area contributed by atoms with E-state index in [1.165, 1.54) is 22.2 Å². The van der Waals surface area contributed by atoms with Crippen LogP contribution in [0.25, 0.3) is 15.3 Å². The SMILES string of the molecule is NC(=O)c1cnn(-c2nc3ccc(N)cc3s2)c1. The predicted octanol–water partition coefficient (Wildman–Crippen LogP) is 1.16. The molecule has 0 bridgehead atoms. The molecular formula is C11H9N5OS. The molecule has 3 aromatic rings. The van der Waals surface area contributed by atoms with Gasteiger partial charge in [0.05, 0.1) is 22.0 Å². The van der Waals surface area contributed by atoms with Crippen LogP contribution in [-0.4, -0.2) is 20.7 Å². The third kappa shape index (κ3) is 1.70. The topological polar surface area (TPSA) is 99.8 Å². The van der Waals surface area contributed by atoms with Crippen molar-refractivity contribution in [3.63, 3.8) is 0 Å². The Morgan fingerprint density at radius 2 is 2.22 bits per heavy atom. The molecule has 18 heavy (non-hydrogen) atoms. The van der Waals surface area contributed by atoms with Crippen molar-refractivity contribution < 1.29 is 4.79 Å². The van der Waals surface area contributed by atoms with Crippen LogP contribution in [0.4, 0.5) is 5.69 Å². The summed E-state index contributed by atoms with van der Waals surface area (Å²) in [6.45, 7) is 0. The van der Waals surface area contributed by atoms with E-state index < -0.39 is 5.91 Å². The van der Waals surface area contributed by atoms with Crippen molar-refractivity contribution in [2.75, 3.05) is 5.73 Å². The highest BCUT2D eigenvalue weighted by Gasteiger charge is 2.09. The van der Waals surface area contributed by atoms with Crippen LogP contribution in [0.3, 0.4) is 0 Å². The van der Waals surface area contributed by atoms with E-state index in [1.54, 1.807) is 12.3 Å². The van der Waals surface area contributed by atoms with Crippen LogP contribution in [0.2, 0.25) is 0 Å². The quantitative estimate of drug-likeness (QED) is 0.674. The minimum absolute atomic E-state index is 0.355. The lowest BCUT2D eigenvalue weighted by molar-refractivity contribution is 0.100. The Labute approximate surface area is 106 Å². The summed E-state index contributed by atoms with van der Waals surface area (Å²) in [6.07, 6.45) is 2.98. The van der Waals surface area contributed by atoms with E-state index in [9.17, 15) is 4.79 Å². The van der Waals surface area contributed by atoms with E-state index in [-0.39, 0.29) is 0 Å². The summed E-state index contributed by atoms with van der Waals surface area (Å²) in [5, 5.41) is 4.73. The standard InChI is InChI=1S/C11H9N5OS/c12-7-1-2-8-9(3-7)18-11(15-8)16-5-6(4-14-16)10(13)17/h1-5H,12H2,(H2,13,17). The number of nitrogens with zero attached hydrogens (tertiary/aromatic N) is 3. The highest BCUT2D eigenvalue weighted by Crippen LogP contribution is 2.26. The minimum atomic E-state index is -0.508. The second kappa shape index (κ2) is 3.81. The molecule has 0 aliphatic rings. The van der Waals surface area contributed by atoms with Crippen LogP contribution in [-0.2, 0) is 0 Å². The molecule has 0 saturated heterocycles.